The summed E-state index contributed by atoms with van der Waals surface area (Å²) in [4.78, 5) is 49.9. The maximum absolute atomic E-state index is 12.8. The van der Waals surface area contributed by atoms with E-state index < -0.39 is 34.8 Å². The highest BCUT2D eigenvalue weighted by atomic mass is 32.2. The van der Waals surface area contributed by atoms with Crippen molar-refractivity contribution in [3.05, 3.63) is 87.9 Å². The van der Waals surface area contributed by atoms with Gasteiger partial charge in [-0.05, 0) is 30.3 Å². The highest BCUT2D eigenvalue weighted by Crippen LogP contribution is 2.40. The molecule has 2 aliphatic rings. The number of hydrogen-bond acceptors (Lipinski definition) is 7. The first kappa shape index (κ1) is 21.8. The van der Waals surface area contributed by atoms with E-state index in [1.54, 1.807) is 54.6 Å². The van der Waals surface area contributed by atoms with Crippen molar-refractivity contribution in [1.82, 2.24) is 10.2 Å². The number of carbonyl (C=O) groups is 3. The van der Waals surface area contributed by atoms with Gasteiger partial charge < -0.3 is 19.6 Å². The van der Waals surface area contributed by atoms with Crippen LogP contribution in [-0.2, 0) is 9.59 Å². The van der Waals surface area contributed by atoms with Gasteiger partial charge in [-0.3, -0.25) is 14.5 Å². The van der Waals surface area contributed by atoms with Gasteiger partial charge in [-0.2, -0.15) is 0 Å². The van der Waals surface area contributed by atoms with Crippen molar-refractivity contribution in [1.29, 1.82) is 0 Å². The zero-order valence-corrected chi connectivity index (χ0v) is 18.4. The molecule has 0 bridgehead atoms. The molecule has 0 saturated carbocycles. The van der Waals surface area contributed by atoms with E-state index in [1.165, 1.54) is 22.7 Å². The fraction of sp³-hybridized carbons (Fsp3) is 0.167. The van der Waals surface area contributed by atoms with Crippen molar-refractivity contribution in [2.45, 2.75) is 11.4 Å². The van der Waals surface area contributed by atoms with E-state index in [4.69, 9.17) is 9.15 Å². The average Bonchev–Trinajstić information content (AvgIpc) is 2.85. The molecule has 0 aliphatic carbocycles. The number of nitrogens with zero attached hydrogens (tertiary/aromatic N) is 1. The molecule has 0 spiro atoms. The van der Waals surface area contributed by atoms with Crippen LogP contribution < -0.4 is 15.7 Å². The summed E-state index contributed by atoms with van der Waals surface area (Å²) in [5.74, 6) is -1.40. The first-order valence-electron chi connectivity index (χ1n) is 10.3. The van der Waals surface area contributed by atoms with Crippen molar-refractivity contribution in [3.63, 3.8) is 0 Å². The van der Waals surface area contributed by atoms with Gasteiger partial charge in [0.05, 0.1) is 0 Å². The standard InChI is InChI=1S/C24H18N2O7S/c27-18-9-7-13-6-8-16(10-17(13)33-18)32-11-15-12-34-23-19(22(29)26(23)20(15)24(30)31)25-21(28)14-4-2-1-3-5-14/h1-10,19,23H,11-12H2,(H,25,28)(H,30,31)/t19-,23-/m1/s1. The van der Waals surface area contributed by atoms with E-state index in [0.29, 0.717) is 28.2 Å². The molecule has 34 heavy (non-hydrogen) atoms. The van der Waals surface area contributed by atoms with E-state index in [-0.39, 0.29) is 12.3 Å². The van der Waals surface area contributed by atoms with Crippen molar-refractivity contribution in [2.75, 3.05) is 12.4 Å². The average molecular weight is 478 g/mol. The van der Waals surface area contributed by atoms with E-state index in [9.17, 15) is 24.3 Å². The Balaban J connectivity index is 1.32. The number of nitrogens with one attached hydrogen (secondary N) is 1. The fourth-order valence-corrected chi connectivity index (χ4v) is 5.24. The van der Waals surface area contributed by atoms with Crippen LogP contribution in [0.15, 0.2) is 81.1 Å². The van der Waals surface area contributed by atoms with Crippen LogP contribution in [0, 0.1) is 0 Å². The second-order valence-electron chi connectivity index (χ2n) is 7.73. The zero-order chi connectivity index (χ0) is 23.8. The number of amides is 2. The van der Waals surface area contributed by atoms with Crippen LogP contribution in [0.25, 0.3) is 11.0 Å². The number of carboxylic acid groups (broad SMARTS) is 1. The summed E-state index contributed by atoms with van der Waals surface area (Å²) in [7, 11) is 0. The summed E-state index contributed by atoms with van der Waals surface area (Å²) in [6.07, 6.45) is 0. The molecular formula is C24H18N2O7S. The molecule has 2 N–H and O–H groups in total. The lowest BCUT2D eigenvalue weighted by Gasteiger charge is -2.49. The summed E-state index contributed by atoms with van der Waals surface area (Å²) in [5, 5.41) is 12.7. The summed E-state index contributed by atoms with van der Waals surface area (Å²) in [5.41, 5.74) is 0.589. The highest BCUT2D eigenvalue weighted by molar-refractivity contribution is 8.00. The Hall–Kier alpha value is -4.05. The minimum atomic E-state index is -1.24. The van der Waals surface area contributed by atoms with E-state index in [0.717, 1.165) is 5.39 Å². The largest absolute Gasteiger partial charge is 0.489 e. The maximum Gasteiger partial charge on any atom is 0.352 e. The van der Waals surface area contributed by atoms with Crippen molar-refractivity contribution < 1.29 is 28.6 Å². The van der Waals surface area contributed by atoms with Crippen LogP contribution in [-0.4, -0.2) is 51.6 Å². The molecule has 2 aliphatic heterocycles. The monoisotopic (exact) mass is 478 g/mol. The second-order valence-corrected chi connectivity index (χ2v) is 8.83. The molecule has 2 amide bonds. The molecule has 1 fully saturated rings. The molecule has 172 valence electrons. The number of fused-ring (bicyclic) bond motifs is 2. The molecule has 0 radical (unpaired) electrons. The Morgan fingerprint density at radius 1 is 1.12 bits per heavy atom. The number of carboxylic acids is 1. The Morgan fingerprint density at radius 2 is 1.88 bits per heavy atom. The molecule has 2 atom stereocenters. The third-order valence-corrected chi connectivity index (χ3v) is 6.92. The van der Waals surface area contributed by atoms with Gasteiger partial charge in [0.25, 0.3) is 11.8 Å². The van der Waals surface area contributed by atoms with E-state index in [2.05, 4.69) is 5.32 Å². The molecule has 3 aromatic rings. The predicted molar refractivity (Wildman–Crippen MR) is 123 cm³/mol. The number of β-lactam (4-membered cyclic amide) rings is 1. The van der Waals surface area contributed by atoms with E-state index >= 15 is 0 Å². The molecule has 3 heterocycles. The molecular weight excluding hydrogens is 460 g/mol. The first-order chi connectivity index (χ1) is 16.4. The van der Waals surface area contributed by atoms with Crippen molar-refractivity contribution in [3.8, 4) is 5.75 Å². The summed E-state index contributed by atoms with van der Waals surface area (Å²) in [6, 6.07) is 15.6. The Bertz CT molecular complexity index is 1400. The van der Waals surface area contributed by atoms with Gasteiger partial charge in [-0.15, -0.1) is 11.8 Å². The van der Waals surface area contributed by atoms with Crippen molar-refractivity contribution >= 4 is 40.5 Å². The van der Waals surface area contributed by atoms with Gasteiger partial charge in [-0.25, -0.2) is 9.59 Å². The van der Waals surface area contributed by atoms with Crippen LogP contribution >= 0.6 is 11.8 Å². The zero-order valence-electron chi connectivity index (χ0n) is 17.6. The normalized spacial score (nSPS) is 19.4. The van der Waals surface area contributed by atoms with Crippen LogP contribution in [0.3, 0.4) is 0 Å². The molecule has 9 nitrogen and oxygen atoms in total. The minimum absolute atomic E-state index is 0.0608. The number of aliphatic carboxylic acids is 1. The number of hydrogen-bond donors (Lipinski definition) is 2. The quantitative estimate of drug-likeness (QED) is 0.408. The SMILES string of the molecule is O=C(O)C1=C(COc2ccc3ccc(=O)oc3c2)CS[C@@H]2[C@H](NC(=O)c3ccccc3)C(=O)N12. The van der Waals surface area contributed by atoms with Gasteiger partial charge in [0, 0.05) is 34.4 Å². The molecule has 2 aromatic carbocycles. The van der Waals surface area contributed by atoms with Gasteiger partial charge in [0.2, 0.25) is 0 Å². The second kappa shape index (κ2) is 8.71. The van der Waals surface area contributed by atoms with Crippen LogP contribution in [0.5, 0.6) is 5.75 Å². The van der Waals surface area contributed by atoms with Gasteiger partial charge in [0.15, 0.2) is 0 Å². The first-order valence-corrected chi connectivity index (χ1v) is 11.4. The van der Waals surface area contributed by atoms with Crippen LogP contribution in [0.1, 0.15) is 10.4 Å². The van der Waals surface area contributed by atoms with Crippen molar-refractivity contribution in [2.24, 2.45) is 0 Å². The number of thioether (sulfide) groups is 1. The molecule has 5 rings (SSSR count). The Kier molecular flexibility index (Phi) is 5.58. The lowest BCUT2D eigenvalue weighted by atomic mass is 10.0. The summed E-state index contributed by atoms with van der Waals surface area (Å²) >= 11 is 1.36. The van der Waals surface area contributed by atoms with Crippen LogP contribution in [0.2, 0.25) is 0 Å². The lowest BCUT2D eigenvalue weighted by molar-refractivity contribution is -0.148. The third kappa shape index (κ3) is 3.92. The number of carbonyl (C=O) groups excluding carboxylic acids is 2. The molecule has 1 saturated heterocycles. The predicted octanol–water partition coefficient (Wildman–Crippen LogP) is 2.22. The highest BCUT2D eigenvalue weighted by Gasteiger charge is 2.54. The van der Waals surface area contributed by atoms with Gasteiger partial charge in [-0.1, -0.05) is 18.2 Å². The van der Waals surface area contributed by atoms with Gasteiger partial charge >= 0.3 is 11.6 Å². The minimum Gasteiger partial charge on any atom is -0.489 e. The maximum atomic E-state index is 12.8. The number of ether oxygens (including phenoxy) is 1. The summed E-state index contributed by atoms with van der Waals surface area (Å²) in [6.45, 7) is -0.0608. The van der Waals surface area contributed by atoms with Crippen LogP contribution in [0.4, 0.5) is 0 Å². The molecule has 0 unspecified atom stereocenters. The Morgan fingerprint density at radius 3 is 2.65 bits per heavy atom. The van der Waals surface area contributed by atoms with Gasteiger partial charge in [0.1, 0.15) is 35.1 Å². The third-order valence-electron chi connectivity index (χ3n) is 5.58. The smallest absolute Gasteiger partial charge is 0.352 e. The Labute approximate surface area is 197 Å². The molecule has 10 heteroatoms. The molecule has 1 aromatic heterocycles. The number of benzene rings is 2. The lowest BCUT2D eigenvalue weighted by Crippen LogP contribution is -2.70. The number of rotatable bonds is 6. The summed E-state index contributed by atoms with van der Waals surface area (Å²) < 4.78 is 10.9. The topological polar surface area (TPSA) is 126 Å². The fourth-order valence-electron chi connectivity index (χ4n) is 3.91. The van der Waals surface area contributed by atoms with E-state index in [1.807, 2.05) is 0 Å².